The molecule has 0 saturated heterocycles. The minimum absolute atomic E-state index is 0.110. The minimum atomic E-state index is -0.719. The molecule has 1 heterocycles. The zero-order valence-electron chi connectivity index (χ0n) is 14.3. The van der Waals surface area contributed by atoms with Gasteiger partial charge in [0.05, 0.1) is 5.69 Å². The first-order chi connectivity index (χ1) is 12.4. The number of rotatable bonds is 4. The van der Waals surface area contributed by atoms with Gasteiger partial charge in [-0.25, -0.2) is 8.78 Å². The third-order valence-electron chi connectivity index (χ3n) is 3.68. The highest BCUT2D eigenvalue weighted by Gasteiger charge is 2.10. The summed E-state index contributed by atoms with van der Waals surface area (Å²) in [5.74, 6) is -1.75. The second-order valence-electron chi connectivity index (χ2n) is 6.01. The molecular formula is C20H17F2N3O. The SMILES string of the molecule is Cc1cc(C)cc(NC(=O)c2cc(Nc3ccc(F)cc3F)ccn2)c1. The molecule has 26 heavy (non-hydrogen) atoms. The van der Waals surface area contributed by atoms with Crippen LogP contribution >= 0.6 is 0 Å². The van der Waals surface area contributed by atoms with Gasteiger partial charge >= 0.3 is 0 Å². The Hall–Kier alpha value is -3.28. The van der Waals surface area contributed by atoms with Gasteiger partial charge in [0.25, 0.3) is 5.91 Å². The molecule has 3 aromatic rings. The van der Waals surface area contributed by atoms with Crippen molar-refractivity contribution in [2.45, 2.75) is 13.8 Å². The Labute approximate surface area is 149 Å². The second kappa shape index (κ2) is 7.31. The molecule has 132 valence electrons. The number of nitrogens with one attached hydrogen (secondary N) is 2. The molecule has 0 aliphatic carbocycles. The summed E-state index contributed by atoms with van der Waals surface area (Å²) in [7, 11) is 0. The summed E-state index contributed by atoms with van der Waals surface area (Å²) in [5, 5.41) is 5.61. The third-order valence-corrected chi connectivity index (χ3v) is 3.68. The molecule has 0 unspecified atom stereocenters. The molecule has 4 nitrogen and oxygen atoms in total. The fourth-order valence-electron chi connectivity index (χ4n) is 2.62. The maximum atomic E-state index is 13.8. The average Bonchev–Trinajstić information content (AvgIpc) is 2.57. The number of aromatic nitrogens is 1. The number of amides is 1. The number of hydrogen-bond donors (Lipinski definition) is 2. The summed E-state index contributed by atoms with van der Waals surface area (Å²) in [4.78, 5) is 16.5. The second-order valence-corrected chi connectivity index (χ2v) is 6.01. The Balaban J connectivity index is 1.78. The molecule has 2 aromatic carbocycles. The van der Waals surface area contributed by atoms with Crippen LogP contribution in [0.3, 0.4) is 0 Å². The predicted molar refractivity (Wildman–Crippen MR) is 97.7 cm³/mol. The van der Waals surface area contributed by atoms with Crippen molar-refractivity contribution in [3.63, 3.8) is 0 Å². The van der Waals surface area contributed by atoms with E-state index in [9.17, 15) is 13.6 Å². The quantitative estimate of drug-likeness (QED) is 0.696. The largest absolute Gasteiger partial charge is 0.353 e. The van der Waals surface area contributed by atoms with E-state index >= 15 is 0 Å². The van der Waals surface area contributed by atoms with Crippen LogP contribution in [0.2, 0.25) is 0 Å². The van der Waals surface area contributed by atoms with E-state index in [1.54, 1.807) is 6.07 Å². The molecule has 3 rings (SSSR count). The van der Waals surface area contributed by atoms with Crippen molar-refractivity contribution in [1.82, 2.24) is 4.98 Å². The van der Waals surface area contributed by atoms with E-state index in [1.807, 2.05) is 32.0 Å². The first kappa shape index (κ1) is 17.5. The Morgan fingerprint density at radius 3 is 2.35 bits per heavy atom. The van der Waals surface area contributed by atoms with E-state index in [-0.39, 0.29) is 17.3 Å². The summed E-state index contributed by atoms with van der Waals surface area (Å²) in [6.07, 6.45) is 1.44. The lowest BCUT2D eigenvalue weighted by atomic mass is 10.1. The molecule has 6 heteroatoms. The van der Waals surface area contributed by atoms with Crippen LogP contribution in [0.15, 0.2) is 54.7 Å². The number of halogens is 2. The van der Waals surface area contributed by atoms with Gasteiger partial charge in [-0.05, 0) is 61.4 Å². The molecule has 0 aliphatic heterocycles. The lowest BCUT2D eigenvalue weighted by Crippen LogP contribution is -2.14. The Morgan fingerprint density at radius 2 is 1.65 bits per heavy atom. The monoisotopic (exact) mass is 353 g/mol. The fraction of sp³-hybridized carbons (Fsp3) is 0.100. The zero-order valence-corrected chi connectivity index (χ0v) is 14.3. The number of nitrogens with zero attached hydrogens (tertiary/aromatic N) is 1. The van der Waals surface area contributed by atoms with Crippen LogP contribution in [0, 0.1) is 25.5 Å². The van der Waals surface area contributed by atoms with E-state index in [2.05, 4.69) is 15.6 Å². The summed E-state index contributed by atoms with van der Waals surface area (Å²) >= 11 is 0. The molecule has 0 fully saturated rings. The topological polar surface area (TPSA) is 54.0 Å². The van der Waals surface area contributed by atoms with Crippen LogP contribution in [0.1, 0.15) is 21.6 Å². The highest BCUT2D eigenvalue weighted by molar-refractivity contribution is 6.03. The summed E-state index contributed by atoms with van der Waals surface area (Å²) < 4.78 is 26.8. The van der Waals surface area contributed by atoms with Gasteiger partial charge < -0.3 is 10.6 Å². The number of anilines is 3. The highest BCUT2D eigenvalue weighted by atomic mass is 19.1. The van der Waals surface area contributed by atoms with Crippen molar-refractivity contribution in [3.8, 4) is 0 Å². The summed E-state index contributed by atoms with van der Waals surface area (Å²) in [6, 6.07) is 12.1. The van der Waals surface area contributed by atoms with E-state index in [1.165, 1.54) is 18.3 Å². The summed E-state index contributed by atoms with van der Waals surface area (Å²) in [5.41, 5.74) is 3.51. The van der Waals surface area contributed by atoms with Crippen LogP contribution in [0.25, 0.3) is 0 Å². The summed E-state index contributed by atoms with van der Waals surface area (Å²) in [6.45, 7) is 3.89. The van der Waals surface area contributed by atoms with Gasteiger partial charge in [0.1, 0.15) is 17.3 Å². The molecular weight excluding hydrogens is 336 g/mol. The standard InChI is InChI=1S/C20H17F2N3O/c1-12-7-13(2)9-16(8-12)25-20(26)19-11-15(5-6-23-19)24-18-4-3-14(21)10-17(18)22/h3-11H,1-2H3,(H,23,24)(H,25,26). The van der Waals surface area contributed by atoms with E-state index in [4.69, 9.17) is 0 Å². The van der Waals surface area contributed by atoms with Gasteiger partial charge in [-0.15, -0.1) is 0 Å². The third kappa shape index (κ3) is 4.22. The van der Waals surface area contributed by atoms with E-state index < -0.39 is 11.6 Å². The first-order valence-corrected chi connectivity index (χ1v) is 7.98. The van der Waals surface area contributed by atoms with Gasteiger partial charge in [-0.2, -0.15) is 0 Å². The lowest BCUT2D eigenvalue weighted by molar-refractivity contribution is 0.102. The first-order valence-electron chi connectivity index (χ1n) is 7.98. The molecule has 0 aliphatic rings. The van der Waals surface area contributed by atoms with Crippen LogP contribution in [-0.4, -0.2) is 10.9 Å². The molecule has 1 amide bonds. The predicted octanol–water partition coefficient (Wildman–Crippen LogP) is 4.97. The number of carbonyl (C=O) groups excluding carboxylic acids is 1. The zero-order chi connectivity index (χ0) is 18.7. The Morgan fingerprint density at radius 1 is 0.923 bits per heavy atom. The van der Waals surface area contributed by atoms with Crippen molar-refractivity contribution in [3.05, 3.63) is 83.2 Å². The molecule has 2 N–H and O–H groups in total. The normalized spacial score (nSPS) is 10.5. The van der Waals surface area contributed by atoms with Crippen molar-refractivity contribution in [2.24, 2.45) is 0 Å². The Bertz CT molecular complexity index is 953. The van der Waals surface area contributed by atoms with Gasteiger partial charge in [-0.1, -0.05) is 6.07 Å². The fourth-order valence-corrected chi connectivity index (χ4v) is 2.62. The number of pyridine rings is 1. The van der Waals surface area contributed by atoms with Crippen molar-refractivity contribution < 1.29 is 13.6 Å². The van der Waals surface area contributed by atoms with Crippen LogP contribution in [-0.2, 0) is 0 Å². The molecule has 0 saturated carbocycles. The maximum absolute atomic E-state index is 13.8. The van der Waals surface area contributed by atoms with Crippen LogP contribution in [0.5, 0.6) is 0 Å². The average molecular weight is 353 g/mol. The number of benzene rings is 2. The van der Waals surface area contributed by atoms with Gasteiger partial charge in [0.15, 0.2) is 0 Å². The molecule has 0 spiro atoms. The Kier molecular flexibility index (Phi) is 4.93. The molecule has 0 atom stereocenters. The molecule has 0 bridgehead atoms. The van der Waals surface area contributed by atoms with Gasteiger partial charge in [0.2, 0.25) is 0 Å². The highest BCUT2D eigenvalue weighted by Crippen LogP contribution is 2.21. The molecule has 0 radical (unpaired) electrons. The minimum Gasteiger partial charge on any atom is -0.353 e. The van der Waals surface area contributed by atoms with Crippen molar-refractivity contribution >= 4 is 23.0 Å². The van der Waals surface area contributed by atoms with E-state index in [0.717, 1.165) is 23.3 Å². The lowest BCUT2D eigenvalue weighted by Gasteiger charge is -2.10. The van der Waals surface area contributed by atoms with E-state index in [0.29, 0.717) is 11.4 Å². The van der Waals surface area contributed by atoms with Crippen LogP contribution < -0.4 is 10.6 Å². The van der Waals surface area contributed by atoms with Gasteiger partial charge in [-0.3, -0.25) is 9.78 Å². The van der Waals surface area contributed by atoms with Crippen LogP contribution in [0.4, 0.5) is 25.8 Å². The number of carbonyl (C=O) groups is 1. The van der Waals surface area contributed by atoms with Gasteiger partial charge in [0, 0.05) is 23.6 Å². The maximum Gasteiger partial charge on any atom is 0.274 e. The van der Waals surface area contributed by atoms with Crippen molar-refractivity contribution in [2.75, 3.05) is 10.6 Å². The van der Waals surface area contributed by atoms with Crippen molar-refractivity contribution in [1.29, 1.82) is 0 Å². The molecule has 1 aromatic heterocycles. The number of hydrogen-bond acceptors (Lipinski definition) is 3. The number of aryl methyl sites for hydroxylation is 2. The smallest absolute Gasteiger partial charge is 0.274 e.